The van der Waals surface area contributed by atoms with Gasteiger partial charge in [0.2, 0.25) is 0 Å². The van der Waals surface area contributed by atoms with Crippen LogP contribution >= 0.6 is 27.5 Å². The molecule has 19 heavy (non-hydrogen) atoms. The predicted octanol–water partition coefficient (Wildman–Crippen LogP) is 4.22. The average molecular weight is 344 g/mol. The smallest absolute Gasteiger partial charge is 0.0526 e. The molecule has 3 rings (SSSR count). The minimum atomic E-state index is 0.332. The molecule has 1 N–H and O–H groups in total. The number of hydrogen-bond donors (Lipinski definition) is 1. The van der Waals surface area contributed by atoms with Gasteiger partial charge in [-0.1, -0.05) is 30.9 Å². The van der Waals surface area contributed by atoms with Crippen molar-refractivity contribution in [2.75, 3.05) is 24.5 Å². The Hall–Kier alpha value is -0.250. The van der Waals surface area contributed by atoms with E-state index in [2.05, 4.69) is 32.2 Å². The first-order valence-electron chi connectivity index (χ1n) is 7.14. The summed E-state index contributed by atoms with van der Waals surface area (Å²) in [6, 6.07) is 6.06. The van der Waals surface area contributed by atoms with Crippen molar-refractivity contribution in [3.8, 4) is 0 Å². The SMILES string of the molecule is Clc1ccc(Br)c(N2CCNC3(CCCCC3)C2)c1. The van der Waals surface area contributed by atoms with E-state index in [9.17, 15) is 0 Å². The molecule has 0 unspecified atom stereocenters. The minimum absolute atomic E-state index is 0.332. The van der Waals surface area contributed by atoms with Gasteiger partial charge in [-0.2, -0.15) is 0 Å². The normalized spacial score (nSPS) is 22.7. The summed E-state index contributed by atoms with van der Waals surface area (Å²) < 4.78 is 1.14. The van der Waals surface area contributed by atoms with Crippen molar-refractivity contribution in [2.24, 2.45) is 0 Å². The van der Waals surface area contributed by atoms with Gasteiger partial charge in [0.15, 0.2) is 0 Å². The van der Waals surface area contributed by atoms with Crippen LogP contribution in [-0.4, -0.2) is 25.2 Å². The number of benzene rings is 1. The molecule has 2 fully saturated rings. The van der Waals surface area contributed by atoms with Crippen LogP contribution in [0.1, 0.15) is 32.1 Å². The number of halogens is 2. The van der Waals surface area contributed by atoms with E-state index in [1.165, 1.54) is 37.8 Å². The van der Waals surface area contributed by atoms with Gasteiger partial charge < -0.3 is 10.2 Å². The first kappa shape index (κ1) is 13.7. The topological polar surface area (TPSA) is 15.3 Å². The number of nitrogens with zero attached hydrogens (tertiary/aromatic N) is 1. The molecule has 0 atom stereocenters. The van der Waals surface area contributed by atoms with Crippen LogP contribution in [0, 0.1) is 0 Å². The van der Waals surface area contributed by atoms with Crippen molar-refractivity contribution in [2.45, 2.75) is 37.6 Å². The van der Waals surface area contributed by atoms with Gasteiger partial charge in [-0.15, -0.1) is 0 Å². The fraction of sp³-hybridized carbons (Fsp3) is 0.600. The third kappa shape index (κ3) is 2.93. The molecule has 1 heterocycles. The fourth-order valence-corrected chi connectivity index (χ4v) is 4.12. The van der Waals surface area contributed by atoms with E-state index in [4.69, 9.17) is 11.6 Å². The van der Waals surface area contributed by atoms with Crippen molar-refractivity contribution < 1.29 is 0 Å². The van der Waals surface area contributed by atoms with E-state index in [-0.39, 0.29) is 0 Å². The van der Waals surface area contributed by atoms with Crippen molar-refractivity contribution >= 4 is 33.2 Å². The number of piperazine rings is 1. The number of rotatable bonds is 1. The van der Waals surface area contributed by atoms with Crippen LogP contribution in [0.5, 0.6) is 0 Å². The Morgan fingerprint density at radius 3 is 2.79 bits per heavy atom. The van der Waals surface area contributed by atoms with E-state index >= 15 is 0 Å². The van der Waals surface area contributed by atoms with Crippen LogP contribution in [-0.2, 0) is 0 Å². The third-order valence-corrected chi connectivity index (χ3v) is 5.34. The minimum Gasteiger partial charge on any atom is -0.367 e. The molecule has 4 heteroatoms. The molecule has 1 saturated heterocycles. The molecule has 1 aliphatic carbocycles. The average Bonchev–Trinajstić information content (AvgIpc) is 2.42. The molecule has 1 aromatic rings. The van der Waals surface area contributed by atoms with Crippen molar-refractivity contribution in [1.82, 2.24) is 5.32 Å². The van der Waals surface area contributed by atoms with E-state index < -0.39 is 0 Å². The molecule has 2 nitrogen and oxygen atoms in total. The van der Waals surface area contributed by atoms with Crippen LogP contribution < -0.4 is 10.2 Å². The molecular formula is C15H20BrClN2. The molecule has 0 aromatic heterocycles. The number of nitrogens with one attached hydrogen (secondary N) is 1. The zero-order chi connectivity index (χ0) is 13.3. The Bertz CT molecular complexity index is 452. The maximum Gasteiger partial charge on any atom is 0.0526 e. The molecular weight excluding hydrogens is 324 g/mol. The van der Waals surface area contributed by atoms with Gasteiger partial charge in [-0.25, -0.2) is 0 Å². The second-order valence-corrected chi connectivity index (χ2v) is 7.08. The van der Waals surface area contributed by atoms with E-state index in [1.807, 2.05) is 12.1 Å². The second kappa shape index (κ2) is 5.63. The summed E-state index contributed by atoms with van der Waals surface area (Å²) >= 11 is 9.81. The first-order chi connectivity index (χ1) is 9.19. The summed E-state index contributed by atoms with van der Waals surface area (Å²) in [6.45, 7) is 3.23. The molecule has 1 spiro atoms. The van der Waals surface area contributed by atoms with Gasteiger partial charge in [0, 0.05) is 34.7 Å². The van der Waals surface area contributed by atoms with Crippen LogP contribution in [0.2, 0.25) is 5.02 Å². The van der Waals surface area contributed by atoms with E-state index in [0.717, 1.165) is 29.1 Å². The van der Waals surface area contributed by atoms with Gasteiger partial charge in [0.05, 0.1) is 5.69 Å². The van der Waals surface area contributed by atoms with Gasteiger partial charge >= 0.3 is 0 Å². The van der Waals surface area contributed by atoms with Crippen molar-refractivity contribution in [1.29, 1.82) is 0 Å². The van der Waals surface area contributed by atoms with Crippen LogP contribution in [0.15, 0.2) is 22.7 Å². The lowest BCUT2D eigenvalue weighted by molar-refractivity contribution is 0.216. The second-order valence-electron chi connectivity index (χ2n) is 5.79. The zero-order valence-corrected chi connectivity index (χ0v) is 13.4. The van der Waals surface area contributed by atoms with Crippen LogP contribution in [0.3, 0.4) is 0 Å². The summed E-state index contributed by atoms with van der Waals surface area (Å²) in [6.07, 6.45) is 6.72. The molecule has 1 aliphatic heterocycles. The highest BCUT2D eigenvalue weighted by atomic mass is 79.9. The van der Waals surface area contributed by atoms with E-state index in [0.29, 0.717) is 5.54 Å². The quantitative estimate of drug-likeness (QED) is 0.821. The molecule has 0 amide bonds. The summed E-state index contributed by atoms with van der Waals surface area (Å²) in [5.41, 5.74) is 1.57. The maximum absolute atomic E-state index is 6.15. The third-order valence-electron chi connectivity index (χ3n) is 4.43. The van der Waals surface area contributed by atoms with Crippen molar-refractivity contribution in [3.05, 3.63) is 27.7 Å². The Labute approximate surface area is 128 Å². The Morgan fingerprint density at radius 2 is 2.00 bits per heavy atom. The Morgan fingerprint density at radius 1 is 1.21 bits per heavy atom. The summed E-state index contributed by atoms with van der Waals surface area (Å²) in [7, 11) is 0. The standard InChI is InChI=1S/C15H20BrClN2/c16-13-5-4-12(17)10-14(13)19-9-8-18-15(11-19)6-2-1-3-7-15/h4-5,10,18H,1-3,6-9,11H2. The Kier molecular flexibility index (Phi) is 4.06. The highest BCUT2D eigenvalue weighted by Gasteiger charge is 2.36. The lowest BCUT2D eigenvalue weighted by Crippen LogP contribution is -2.61. The largest absolute Gasteiger partial charge is 0.367 e. The number of hydrogen-bond acceptors (Lipinski definition) is 2. The maximum atomic E-state index is 6.15. The lowest BCUT2D eigenvalue weighted by atomic mass is 9.80. The van der Waals surface area contributed by atoms with Gasteiger partial charge in [0.25, 0.3) is 0 Å². The molecule has 0 radical (unpaired) electrons. The molecule has 1 saturated carbocycles. The monoisotopic (exact) mass is 342 g/mol. The lowest BCUT2D eigenvalue weighted by Gasteiger charge is -2.47. The van der Waals surface area contributed by atoms with Gasteiger partial charge in [-0.05, 0) is 47.0 Å². The molecule has 104 valence electrons. The number of anilines is 1. The molecule has 2 aliphatic rings. The van der Waals surface area contributed by atoms with Crippen molar-refractivity contribution in [3.63, 3.8) is 0 Å². The highest BCUT2D eigenvalue weighted by Crippen LogP contribution is 2.35. The van der Waals surface area contributed by atoms with Crippen LogP contribution in [0.4, 0.5) is 5.69 Å². The Balaban J connectivity index is 1.82. The van der Waals surface area contributed by atoms with Gasteiger partial charge in [0.1, 0.15) is 0 Å². The first-order valence-corrected chi connectivity index (χ1v) is 8.31. The summed E-state index contributed by atoms with van der Waals surface area (Å²) in [5.74, 6) is 0. The predicted molar refractivity (Wildman–Crippen MR) is 85.2 cm³/mol. The van der Waals surface area contributed by atoms with E-state index in [1.54, 1.807) is 0 Å². The zero-order valence-electron chi connectivity index (χ0n) is 11.1. The summed E-state index contributed by atoms with van der Waals surface area (Å²) in [4.78, 5) is 2.48. The fourth-order valence-electron chi connectivity index (χ4n) is 3.45. The molecule has 1 aromatic carbocycles. The molecule has 0 bridgehead atoms. The highest BCUT2D eigenvalue weighted by molar-refractivity contribution is 9.10. The van der Waals surface area contributed by atoms with Crippen LogP contribution in [0.25, 0.3) is 0 Å². The van der Waals surface area contributed by atoms with Gasteiger partial charge in [-0.3, -0.25) is 0 Å². The summed E-state index contributed by atoms with van der Waals surface area (Å²) in [5, 5.41) is 4.59.